The first-order valence-electron chi connectivity index (χ1n) is 13.6. The molecule has 5 rings (SSSR count). The second-order valence-electron chi connectivity index (χ2n) is 10.2. The maximum atomic E-state index is 15.2. The number of aromatic nitrogens is 2. The fraction of sp³-hybridized carbons (Fsp3) is 0.0833. The van der Waals surface area contributed by atoms with Gasteiger partial charge in [0.15, 0.2) is 0 Å². The summed E-state index contributed by atoms with van der Waals surface area (Å²) in [4.78, 5) is 10.1. The molecule has 4 nitrogen and oxygen atoms in total. The smallest absolute Gasteiger partial charge is 0.146 e. The molecule has 0 unspecified atom stereocenters. The van der Waals surface area contributed by atoms with Gasteiger partial charge >= 0.3 is 0 Å². The molecule has 5 aromatic rings. The molecular formula is C36H33FN4S. The van der Waals surface area contributed by atoms with E-state index in [1.54, 1.807) is 29.8 Å². The molecule has 0 saturated heterocycles. The number of aryl methyl sites for hydroxylation is 1. The Balaban J connectivity index is 1.43. The monoisotopic (exact) mass is 572 g/mol. The van der Waals surface area contributed by atoms with Crippen molar-refractivity contribution in [3.8, 4) is 11.1 Å². The molecule has 0 amide bonds. The zero-order chi connectivity index (χ0) is 29.8. The van der Waals surface area contributed by atoms with E-state index in [1.807, 2.05) is 62.4 Å². The molecule has 6 heteroatoms. The average Bonchev–Trinajstić information content (AvgIpc) is 3.62. The summed E-state index contributed by atoms with van der Waals surface area (Å²) in [6.07, 6.45) is 7.69. The Morgan fingerprint density at radius 2 is 1.79 bits per heavy atom. The number of halogens is 1. The summed E-state index contributed by atoms with van der Waals surface area (Å²) in [5.41, 5.74) is 16.2. The predicted molar refractivity (Wildman–Crippen MR) is 178 cm³/mol. The molecule has 0 aliphatic carbocycles. The topological polar surface area (TPSA) is 66.7 Å². The van der Waals surface area contributed by atoms with Gasteiger partial charge in [-0.15, -0.1) is 11.3 Å². The van der Waals surface area contributed by atoms with Gasteiger partial charge in [0.2, 0.25) is 0 Å². The molecule has 0 fully saturated rings. The van der Waals surface area contributed by atoms with Crippen LogP contribution in [0.3, 0.4) is 0 Å². The average molecular weight is 573 g/mol. The lowest BCUT2D eigenvalue weighted by Gasteiger charge is -2.13. The van der Waals surface area contributed by atoms with Crippen molar-refractivity contribution in [1.29, 1.82) is 0 Å². The van der Waals surface area contributed by atoms with Gasteiger partial charge in [-0.25, -0.2) is 4.39 Å². The zero-order valence-electron chi connectivity index (χ0n) is 23.8. The molecule has 210 valence electrons. The van der Waals surface area contributed by atoms with E-state index in [0.717, 1.165) is 60.4 Å². The summed E-state index contributed by atoms with van der Waals surface area (Å²) in [5, 5.41) is 3.30. The lowest BCUT2D eigenvalue weighted by atomic mass is 9.99. The Bertz CT molecular complexity index is 1820. The molecule has 3 aromatic heterocycles. The third-order valence-corrected chi connectivity index (χ3v) is 8.30. The molecule has 0 aliphatic heterocycles. The van der Waals surface area contributed by atoms with Gasteiger partial charge in [-0.3, -0.25) is 4.98 Å². The van der Waals surface area contributed by atoms with Crippen LogP contribution in [-0.2, 0) is 6.42 Å². The van der Waals surface area contributed by atoms with Gasteiger partial charge in [0.1, 0.15) is 5.82 Å². The van der Waals surface area contributed by atoms with E-state index in [1.165, 1.54) is 6.07 Å². The SMILES string of the molecule is C=C/C=C(/c1ccc(C(=C)C)s1)c1cc(Cc2cc(-c3cncc(NC(=C)c4ccccc4)c3)cc(F)c2N)[nH]c1C. The summed E-state index contributed by atoms with van der Waals surface area (Å²) >= 11 is 1.70. The van der Waals surface area contributed by atoms with Crippen LogP contribution in [0.1, 0.15) is 44.8 Å². The number of aromatic amines is 1. The number of nitrogens with zero attached hydrogens (tertiary/aromatic N) is 1. The number of benzene rings is 2. The highest BCUT2D eigenvalue weighted by Gasteiger charge is 2.16. The Morgan fingerprint density at radius 1 is 1.02 bits per heavy atom. The third kappa shape index (κ3) is 6.19. The number of hydrogen-bond donors (Lipinski definition) is 3. The minimum Gasteiger partial charge on any atom is -0.396 e. The van der Waals surface area contributed by atoms with Gasteiger partial charge in [-0.05, 0) is 72.5 Å². The van der Waals surface area contributed by atoms with Crippen LogP contribution in [0.15, 0.2) is 111 Å². The fourth-order valence-corrected chi connectivity index (χ4v) is 5.85. The minimum absolute atomic E-state index is 0.137. The van der Waals surface area contributed by atoms with Crippen LogP contribution in [-0.4, -0.2) is 9.97 Å². The highest BCUT2D eigenvalue weighted by atomic mass is 32.1. The second-order valence-corrected chi connectivity index (χ2v) is 11.3. The van der Waals surface area contributed by atoms with E-state index in [4.69, 9.17) is 5.73 Å². The molecule has 0 bridgehead atoms. The molecule has 0 atom stereocenters. The van der Waals surface area contributed by atoms with Crippen molar-refractivity contribution in [2.45, 2.75) is 20.3 Å². The molecule has 4 N–H and O–H groups in total. The summed E-state index contributed by atoms with van der Waals surface area (Å²) in [6, 6.07) is 21.5. The summed E-state index contributed by atoms with van der Waals surface area (Å²) in [6.45, 7) is 16.2. The summed E-state index contributed by atoms with van der Waals surface area (Å²) in [5.74, 6) is -0.462. The molecule has 42 heavy (non-hydrogen) atoms. The Kier molecular flexibility index (Phi) is 8.36. The molecule has 0 radical (unpaired) electrons. The van der Waals surface area contributed by atoms with Gasteiger partial charge in [-0.1, -0.05) is 62.2 Å². The normalized spacial score (nSPS) is 11.4. The fourth-order valence-electron chi connectivity index (χ4n) is 4.88. The number of pyridine rings is 1. The Labute approximate surface area is 250 Å². The van der Waals surface area contributed by atoms with E-state index in [-0.39, 0.29) is 5.69 Å². The highest BCUT2D eigenvalue weighted by molar-refractivity contribution is 7.14. The number of H-pyrrole nitrogens is 1. The first kappa shape index (κ1) is 28.6. The molecule has 0 saturated carbocycles. The van der Waals surface area contributed by atoms with Gasteiger partial charge in [-0.2, -0.15) is 0 Å². The van der Waals surface area contributed by atoms with Gasteiger partial charge in [0, 0.05) is 56.2 Å². The minimum atomic E-state index is -0.462. The van der Waals surface area contributed by atoms with E-state index < -0.39 is 5.82 Å². The molecule has 3 heterocycles. The van der Waals surface area contributed by atoms with E-state index >= 15 is 4.39 Å². The largest absolute Gasteiger partial charge is 0.396 e. The maximum absolute atomic E-state index is 15.2. The quantitative estimate of drug-likeness (QED) is 0.115. The van der Waals surface area contributed by atoms with Crippen LogP contribution in [0, 0.1) is 12.7 Å². The van der Waals surface area contributed by atoms with E-state index in [0.29, 0.717) is 17.5 Å². The van der Waals surface area contributed by atoms with E-state index in [2.05, 4.69) is 53.2 Å². The number of rotatable bonds is 10. The number of thiophene rings is 1. The van der Waals surface area contributed by atoms with Crippen LogP contribution in [0.5, 0.6) is 0 Å². The summed E-state index contributed by atoms with van der Waals surface area (Å²) in [7, 11) is 0. The lowest BCUT2D eigenvalue weighted by molar-refractivity contribution is 0.631. The first-order valence-corrected chi connectivity index (χ1v) is 14.4. The van der Waals surface area contributed by atoms with Crippen molar-refractivity contribution in [3.63, 3.8) is 0 Å². The van der Waals surface area contributed by atoms with Crippen molar-refractivity contribution in [1.82, 2.24) is 9.97 Å². The van der Waals surface area contributed by atoms with Crippen LogP contribution in [0.2, 0.25) is 0 Å². The molecule has 0 aliphatic rings. The van der Waals surface area contributed by atoms with E-state index in [9.17, 15) is 0 Å². The Hall–Kier alpha value is -4.94. The van der Waals surface area contributed by atoms with Crippen molar-refractivity contribution >= 4 is 39.6 Å². The standard InChI is InChI=1S/C36H33FN4S/c1-6-10-31(35-14-13-34(42-35)22(2)3)32-19-29(41-24(32)5)16-27-15-26(18-33(37)36(27)38)28-17-30(21-39-20-28)40-23(4)25-11-8-7-9-12-25/h6-15,17-21,40-41H,1-2,4,16,38H2,3,5H3/b31-10+. The number of allylic oxidation sites excluding steroid dienone is 3. The van der Waals surface area contributed by atoms with Crippen LogP contribution in [0.4, 0.5) is 15.8 Å². The Morgan fingerprint density at radius 3 is 2.50 bits per heavy atom. The highest BCUT2D eigenvalue weighted by Crippen LogP contribution is 2.35. The van der Waals surface area contributed by atoms with Crippen LogP contribution < -0.4 is 11.1 Å². The zero-order valence-corrected chi connectivity index (χ0v) is 24.6. The van der Waals surface area contributed by atoms with Crippen molar-refractivity contribution in [3.05, 3.63) is 155 Å². The van der Waals surface area contributed by atoms with Crippen molar-refractivity contribution in [2.24, 2.45) is 0 Å². The van der Waals surface area contributed by atoms with Crippen LogP contribution in [0.25, 0.3) is 28.0 Å². The molecule has 0 spiro atoms. The number of nitrogens with one attached hydrogen (secondary N) is 2. The number of anilines is 2. The second kappa shape index (κ2) is 12.3. The number of nitrogens with two attached hydrogens (primary N) is 1. The summed E-state index contributed by atoms with van der Waals surface area (Å²) < 4.78 is 15.2. The molecule has 2 aromatic carbocycles. The maximum Gasteiger partial charge on any atom is 0.146 e. The van der Waals surface area contributed by atoms with Crippen LogP contribution >= 0.6 is 11.3 Å². The van der Waals surface area contributed by atoms with Crippen molar-refractivity contribution in [2.75, 3.05) is 11.1 Å². The number of nitrogen functional groups attached to an aromatic ring is 1. The molecular weight excluding hydrogens is 539 g/mol. The van der Waals surface area contributed by atoms with Crippen molar-refractivity contribution < 1.29 is 4.39 Å². The van der Waals surface area contributed by atoms with Gasteiger partial charge in [0.05, 0.1) is 17.6 Å². The predicted octanol–water partition coefficient (Wildman–Crippen LogP) is 9.49. The number of hydrogen-bond acceptors (Lipinski definition) is 4. The third-order valence-electron chi connectivity index (χ3n) is 7.02. The lowest BCUT2D eigenvalue weighted by Crippen LogP contribution is -2.01. The van der Waals surface area contributed by atoms with Gasteiger partial charge < -0.3 is 16.0 Å². The first-order chi connectivity index (χ1) is 20.2. The van der Waals surface area contributed by atoms with Gasteiger partial charge in [0.25, 0.3) is 0 Å².